The second kappa shape index (κ2) is 32.0. The summed E-state index contributed by atoms with van der Waals surface area (Å²) in [7, 11) is -2.63. The maximum Gasteiger partial charge on any atom is 0.472 e. The molecule has 2 N–H and O–H groups in total. The standard InChI is InChI=1S/C34H68NO8P/c1-4-6-8-10-12-14-16-18-20-22-24-26-33(36)40-30-32(31-42-44(38,39)41-29-28-35-3)43-34(37)27-25-23-21-19-17-15-13-11-9-7-5-2/h32,35H,4-31H2,1-3H3,(H,38,39)/t32-/m0/s1. The van der Waals surface area contributed by atoms with Crippen molar-refractivity contribution >= 4 is 19.8 Å². The molecule has 44 heavy (non-hydrogen) atoms. The largest absolute Gasteiger partial charge is 0.472 e. The number of hydrogen-bond donors (Lipinski definition) is 2. The molecule has 0 aromatic rings. The molecule has 0 radical (unpaired) electrons. The minimum Gasteiger partial charge on any atom is -0.462 e. The lowest BCUT2D eigenvalue weighted by atomic mass is 10.1. The second-order valence-electron chi connectivity index (χ2n) is 12.1. The topological polar surface area (TPSA) is 120 Å². The van der Waals surface area contributed by atoms with Crippen molar-refractivity contribution in [3.63, 3.8) is 0 Å². The Balaban J connectivity index is 4.31. The predicted molar refractivity (Wildman–Crippen MR) is 179 cm³/mol. The Kier molecular flexibility index (Phi) is 31.3. The summed E-state index contributed by atoms with van der Waals surface area (Å²) in [6.45, 7) is 4.21. The Hall–Kier alpha value is -0.990. The molecule has 1 unspecified atom stereocenters. The highest BCUT2D eigenvalue weighted by atomic mass is 31.2. The van der Waals surface area contributed by atoms with Gasteiger partial charge in [-0.05, 0) is 19.9 Å². The van der Waals surface area contributed by atoms with Crippen LogP contribution in [-0.2, 0) is 32.7 Å². The quantitative estimate of drug-likeness (QED) is 0.0399. The second-order valence-corrected chi connectivity index (χ2v) is 13.5. The van der Waals surface area contributed by atoms with Gasteiger partial charge in [-0.25, -0.2) is 4.57 Å². The summed E-state index contributed by atoms with van der Waals surface area (Å²) in [4.78, 5) is 34.7. The summed E-state index contributed by atoms with van der Waals surface area (Å²) in [5, 5.41) is 2.81. The average Bonchev–Trinajstić information content (AvgIpc) is 3.00. The lowest BCUT2D eigenvalue weighted by Crippen LogP contribution is -2.29. The Bertz CT molecular complexity index is 709. The number of likely N-dealkylation sites (N-methyl/N-ethyl adjacent to an activating group) is 1. The molecule has 10 heteroatoms. The van der Waals surface area contributed by atoms with Crippen LogP contribution in [0.25, 0.3) is 0 Å². The van der Waals surface area contributed by atoms with Crippen LogP contribution in [0.5, 0.6) is 0 Å². The zero-order valence-corrected chi connectivity index (χ0v) is 29.5. The number of esters is 2. The molecule has 0 aliphatic rings. The van der Waals surface area contributed by atoms with E-state index in [9.17, 15) is 19.0 Å². The molecular formula is C34H68NO8P. The SMILES string of the molecule is CCCCCCCCCCCCCC(=O)OC[C@@H](COP(=O)(O)OCCNC)OC(=O)CCCCCCCCCCCCC. The molecule has 9 nitrogen and oxygen atoms in total. The van der Waals surface area contributed by atoms with Crippen LogP contribution < -0.4 is 5.32 Å². The van der Waals surface area contributed by atoms with E-state index in [0.717, 1.165) is 32.1 Å². The van der Waals surface area contributed by atoms with Gasteiger partial charge in [0.2, 0.25) is 0 Å². The maximum absolute atomic E-state index is 12.5. The molecule has 0 aromatic heterocycles. The van der Waals surface area contributed by atoms with Crippen LogP contribution in [0.3, 0.4) is 0 Å². The summed E-state index contributed by atoms with van der Waals surface area (Å²) in [6.07, 6.45) is 25.7. The van der Waals surface area contributed by atoms with E-state index in [4.69, 9.17) is 18.5 Å². The molecule has 0 bridgehead atoms. The number of hydrogen-bond acceptors (Lipinski definition) is 8. The Morgan fingerprint density at radius 2 is 1.02 bits per heavy atom. The molecule has 0 aliphatic carbocycles. The molecule has 0 heterocycles. The van der Waals surface area contributed by atoms with Crippen molar-refractivity contribution in [2.45, 2.75) is 174 Å². The van der Waals surface area contributed by atoms with Crippen molar-refractivity contribution in [1.82, 2.24) is 5.32 Å². The first-order valence-corrected chi connectivity index (χ1v) is 19.5. The molecule has 0 amide bonds. The van der Waals surface area contributed by atoms with Gasteiger partial charge in [0.15, 0.2) is 6.10 Å². The van der Waals surface area contributed by atoms with Crippen molar-refractivity contribution in [1.29, 1.82) is 0 Å². The van der Waals surface area contributed by atoms with E-state index in [2.05, 4.69) is 19.2 Å². The van der Waals surface area contributed by atoms with Crippen LogP contribution >= 0.6 is 7.82 Å². The van der Waals surface area contributed by atoms with Crippen LogP contribution in [0.1, 0.15) is 168 Å². The maximum atomic E-state index is 12.5. The van der Waals surface area contributed by atoms with Gasteiger partial charge in [0, 0.05) is 19.4 Å². The Labute approximate surface area is 269 Å². The molecule has 262 valence electrons. The van der Waals surface area contributed by atoms with Crippen LogP contribution in [0.4, 0.5) is 0 Å². The summed E-state index contributed by atoms with van der Waals surface area (Å²) < 4.78 is 32.9. The monoisotopic (exact) mass is 649 g/mol. The van der Waals surface area contributed by atoms with Crippen molar-refractivity contribution in [3.8, 4) is 0 Å². The fourth-order valence-electron chi connectivity index (χ4n) is 4.96. The zero-order valence-electron chi connectivity index (χ0n) is 28.6. The van der Waals surface area contributed by atoms with Gasteiger partial charge in [0.25, 0.3) is 0 Å². The summed E-state index contributed by atoms with van der Waals surface area (Å²) in [6, 6.07) is 0. The smallest absolute Gasteiger partial charge is 0.462 e. The Morgan fingerprint density at radius 3 is 1.45 bits per heavy atom. The third kappa shape index (κ3) is 31.0. The number of phosphoric ester groups is 1. The van der Waals surface area contributed by atoms with Crippen LogP contribution in [-0.4, -0.2) is 56.3 Å². The number of phosphoric acid groups is 1. The first-order valence-electron chi connectivity index (χ1n) is 18.0. The number of carbonyl (C=O) groups excluding carboxylic acids is 2. The summed E-state index contributed by atoms with van der Waals surface area (Å²) >= 11 is 0. The van der Waals surface area contributed by atoms with Crippen molar-refractivity contribution < 1.29 is 37.6 Å². The molecule has 0 saturated carbocycles. The van der Waals surface area contributed by atoms with E-state index in [1.54, 1.807) is 7.05 Å². The van der Waals surface area contributed by atoms with Crippen LogP contribution in [0.2, 0.25) is 0 Å². The number of carbonyl (C=O) groups is 2. The minimum absolute atomic E-state index is 0.0124. The van der Waals surface area contributed by atoms with Crippen molar-refractivity contribution in [2.24, 2.45) is 0 Å². The minimum atomic E-state index is -4.33. The molecule has 2 atom stereocenters. The molecule has 0 aliphatic heterocycles. The third-order valence-corrected chi connectivity index (χ3v) is 8.71. The van der Waals surface area contributed by atoms with Gasteiger partial charge in [0.05, 0.1) is 13.2 Å². The highest BCUT2D eigenvalue weighted by molar-refractivity contribution is 7.47. The highest BCUT2D eigenvalue weighted by Gasteiger charge is 2.26. The van der Waals surface area contributed by atoms with E-state index in [-0.39, 0.29) is 25.6 Å². The summed E-state index contributed by atoms with van der Waals surface area (Å²) in [5.41, 5.74) is 0. The van der Waals surface area contributed by atoms with E-state index in [0.29, 0.717) is 19.4 Å². The molecule has 0 rings (SSSR count). The molecule has 0 spiro atoms. The number of ether oxygens (including phenoxy) is 2. The number of unbranched alkanes of at least 4 members (excludes halogenated alkanes) is 20. The predicted octanol–water partition coefficient (Wildman–Crippen LogP) is 9.20. The Morgan fingerprint density at radius 1 is 0.614 bits per heavy atom. The van der Waals surface area contributed by atoms with Gasteiger partial charge in [-0.3, -0.25) is 18.6 Å². The zero-order chi connectivity index (χ0) is 32.6. The van der Waals surface area contributed by atoms with Crippen LogP contribution in [0.15, 0.2) is 0 Å². The number of rotatable bonds is 34. The number of nitrogens with one attached hydrogen (secondary N) is 1. The molecule has 0 fully saturated rings. The van der Waals surface area contributed by atoms with Gasteiger partial charge in [-0.2, -0.15) is 0 Å². The van der Waals surface area contributed by atoms with E-state index in [1.165, 1.54) is 103 Å². The normalized spacial score (nSPS) is 13.5. The lowest BCUT2D eigenvalue weighted by molar-refractivity contribution is -0.161. The fourth-order valence-corrected chi connectivity index (χ4v) is 5.71. The molecule has 0 saturated heterocycles. The average molecular weight is 650 g/mol. The highest BCUT2D eigenvalue weighted by Crippen LogP contribution is 2.43. The lowest BCUT2D eigenvalue weighted by Gasteiger charge is -2.20. The van der Waals surface area contributed by atoms with Gasteiger partial charge in [0.1, 0.15) is 6.61 Å². The van der Waals surface area contributed by atoms with Crippen molar-refractivity contribution in [3.05, 3.63) is 0 Å². The van der Waals surface area contributed by atoms with Gasteiger partial charge < -0.3 is 19.7 Å². The van der Waals surface area contributed by atoms with Crippen molar-refractivity contribution in [2.75, 3.05) is 33.4 Å². The van der Waals surface area contributed by atoms with E-state index in [1.807, 2.05) is 0 Å². The van der Waals surface area contributed by atoms with E-state index >= 15 is 0 Å². The van der Waals surface area contributed by atoms with E-state index < -0.39 is 26.5 Å². The first-order chi connectivity index (χ1) is 21.3. The molecular weight excluding hydrogens is 581 g/mol. The third-order valence-electron chi connectivity index (χ3n) is 7.73. The van der Waals surface area contributed by atoms with Gasteiger partial charge in [-0.15, -0.1) is 0 Å². The van der Waals surface area contributed by atoms with Crippen LogP contribution in [0, 0.1) is 0 Å². The fraction of sp³-hybridized carbons (Fsp3) is 0.941. The first kappa shape index (κ1) is 43.0. The summed E-state index contributed by atoms with van der Waals surface area (Å²) in [5.74, 6) is -0.801. The van der Waals surface area contributed by atoms with Gasteiger partial charge in [-0.1, -0.05) is 142 Å². The molecule has 0 aromatic carbocycles. The van der Waals surface area contributed by atoms with Gasteiger partial charge >= 0.3 is 19.8 Å².